The van der Waals surface area contributed by atoms with E-state index < -0.39 is 34.7 Å². The first-order valence-corrected chi connectivity index (χ1v) is 22.2. The van der Waals surface area contributed by atoms with Gasteiger partial charge in [0.05, 0.1) is 18.1 Å². The van der Waals surface area contributed by atoms with Crippen LogP contribution in [0, 0.1) is 11.8 Å². The molecule has 0 aliphatic carbocycles. The maximum Gasteiger partial charge on any atom is 0.416 e. The first-order valence-electron chi connectivity index (χ1n) is 17.3. The fourth-order valence-electron chi connectivity index (χ4n) is 6.37. The molecule has 0 N–H and O–H groups in total. The van der Waals surface area contributed by atoms with Gasteiger partial charge in [0.25, 0.3) is 8.32 Å². The minimum Gasteiger partial charge on any atom is -0.447 e. The van der Waals surface area contributed by atoms with Crippen LogP contribution in [-0.4, -0.2) is 58.4 Å². The van der Waals surface area contributed by atoms with Crippen molar-refractivity contribution in [3.8, 4) is 0 Å². The van der Waals surface area contributed by atoms with Gasteiger partial charge in [0.2, 0.25) is 5.91 Å². The Morgan fingerprint density at radius 3 is 1.83 bits per heavy atom. The fraction of sp³-hybridized carbons (Fsp3) is 0.632. The Morgan fingerprint density at radius 1 is 0.870 bits per heavy atom. The number of hydrogen-bond donors (Lipinski definition) is 0. The number of ether oxygens (including phenoxy) is 1. The van der Waals surface area contributed by atoms with Crippen LogP contribution in [0.3, 0.4) is 0 Å². The summed E-state index contributed by atoms with van der Waals surface area (Å²) in [5, 5.41) is 2.23. The van der Waals surface area contributed by atoms with E-state index in [4.69, 9.17) is 13.6 Å². The van der Waals surface area contributed by atoms with Gasteiger partial charge in [-0.1, -0.05) is 130 Å². The normalized spacial score (nSPS) is 18.4. The van der Waals surface area contributed by atoms with E-state index in [1.54, 1.807) is 0 Å². The third-order valence-electron chi connectivity index (χ3n) is 10.3. The van der Waals surface area contributed by atoms with Crippen LogP contribution in [0.4, 0.5) is 4.79 Å². The summed E-state index contributed by atoms with van der Waals surface area (Å²) in [5.41, 5.74) is 0. The number of cyclic esters (lactones) is 1. The standard InChI is InChI=1S/C38H61NO5Si2/c1-13-30(43-45(11,12)37(5,6)7)21-20-26-34(29(4)35(40)39-33(28(2)3)27-42-36(39)41)44-46(38(8,9)10,31-22-16-14-17-23-31)32-24-18-15-19-25-32/h14-19,22-25,28-30,33-34H,13,20-21,26-27H2,1-12H3/t29-,30-,33-,34-/m0/s1. The lowest BCUT2D eigenvalue weighted by Gasteiger charge is -2.46. The highest BCUT2D eigenvalue weighted by molar-refractivity contribution is 6.99. The molecule has 3 rings (SSSR count). The summed E-state index contributed by atoms with van der Waals surface area (Å²) >= 11 is 0. The summed E-state index contributed by atoms with van der Waals surface area (Å²) in [6.07, 6.45) is 2.57. The van der Waals surface area contributed by atoms with E-state index in [2.05, 4.69) is 110 Å². The largest absolute Gasteiger partial charge is 0.447 e. The minimum atomic E-state index is -2.98. The van der Waals surface area contributed by atoms with Crippen LogP contribution in [0.1, 0.15) is 94.9 Å². The summed E-state index contributed by atoms with van der Waals surface area (Å²) in [7, 11) is -4.91. The highest BCUT2D eigenvalue weighted by Crippen LogP contribution is 2.41. The molecule has 1 aliphatic rings. The number of amides is 2. The molecule has 1 heterocycles. The van der Waals surface area contributed by atoms with E-state index in [0.717, 1.165) is 19.3 Å². The number of rotatable bonds is 14. The Kier molecular flexibility index (Phi) is 12.7. The van der Waals surface area contributed by atoms with E-state index in [1.807, 2.05) is 32.9 Å². The molecule has 46 heavy (non-hydrogen) atoms. The average Bonchev–Trinajstić information content (AvgIpc) is 3.38. The lowest BCUT2D eigenvalue weighted by Crippen LogP contribution is -2.68. The molecule has 1 saturated heterocycles. The van der Waals surface area contributed by atoms with Gasteiger partial charge in [0, 0.05) is 6.10 Å². The molecule has 6 nitrogen and oxygen atoms in total. The van der Waals surface area contributed by atoms with Gasteiger partial charge in [-0.15, -0.1) is 0 Å². The average molecular weight is 668 g/mol. The van der Waals surface area contributed by atoms with Crippen molar-refractivity contribution in [1.82, 2.24) is 4.90 Å². The molecule has 0 spiro atoms. The number of benzene rings is 2. The van der Waals surface area contributed by atoms with Crippen LogP contribution in [0.15, 0.2) is 60.7 Å². The molecule has 1 aliphatic heterocycles. The van der Waals surface area contributed by atoms with E-state index in [0.29, 0.717) is 6.42 Å². The Hall–Kier alpha value is -2.27. The number of hydrogen-bond acceptors (Lipinski definition) is 5. The zero-order valence-corrected chi connectivity index (χ0v) is 32.7. The van der Waals surface area contributed by atoms with Crippen LogP contribution in [0.25, 0.3) is 0 Å². The molecule has 256 valence electrons. The van der Waals surface area contributed by atoms with Crippen molar-refractivity contribution in [3.05, 3.63) is 60.7 Å². The molecule has 0 bridgehead atoms. The molecule has 4 atom stereocenters. The van der Waals surface area contributed by atoms with E-state index in [1.165, 1.54) is 15.3 Å². The van der Waals surface area contributed by atoms with Gasteiger partial charge in [-0.25, -0.2) is 9.69 Å². The second kappa shape index (κ2) is 15.3. The fourth-order valence-corrected chi connectivity index (χ4v) is 12.6. The summed E-state index contributed by atoms with van der Waals surface area (Å²) in [6.45, 7) is 26.7. The predicted molar refractivity (Wildman–Crippen MR) is 195 cm³/mol. The Morgan fingerprint density at radius 2 is 1.39 bits per heavy atom. The zero-order valence-electron chi connectivity index (χ0n) is 30.7. The number of nitrogens with zero attached hydrogens (tertiary/aromatic N) is 1. The SMILES string of the molecule is CC[C@@H](CCC[C@H](O[Si](c1ccccc1)(c1ccccc1)C(C)(C)C)[C@H](C)C(=O)N1C(=O)OC[C@H]1C(C)C)O[Si](C)(C)C(C)(C)C. The van der Waals surface area contributed by atoms with Gasteiger partial charge >= 0.3 is 6.09 Å². The van der Waals surface area contributed by atoms with Crippen molar-refractivity contribution >= 4 is 39.0 Å². The van der Waals surface area contributed by atoms with E-state index in [9.17, 15) is 9.59 Å². The molecule has 2 aromatic carbocycles. The van der Waals surface area contributed by atoms with Gasteiger partial charge < -0.3 is 13.6 Å². The molecule has 0 radical (unpaired) electrons. The molecule has 8 heteroatoms. The Bertz CT molecular complexity index is 1230. The minimum absolute atomic E-state index is 0.0939. The van der Waals surface area contributed by atoms with Crippen molar-refractivity contribution in [1.29, 1.82) is 0 Å². The first kappa shape index (κ1) is 38.2. The third-order valence-corrected chi connectivity index (χ3v) is 19.9. The summed E-state index contributed by atoms with van der Waals surface area (Å²) < 4.78 is 19.9. The van der Waals surface area contributed by atoms with Crippen molar-refractivity contribution in [3.63, 3.8) is 0 Å². The van der Waals surface area contributed by atoms with Gasteiger partial charge in [-0.05, 0) is 65.1 Å². The number of carbonyl (C=O) groups excluding carboxylic acids is 2. The van der Waals surface area contributed by atoms with Crippen LogP contribution in [0.2, 0.25) is 23.2 Å². The van der Waals surface area contributed by atoms with Gasteiger partial charge in [-0.2, -0.15) is 0 Å². The lowest BCUT2D eigenvalue weighted by atomic mass is 9.95. The van der Waals surface area contributed by atoms with E-state index >= 15 is 0 Å². The lowest BCUT2D eigenvalue weighted by molar-refractivity contribution is -0.136. The Balaban J connectivity index is 2.06. The number of carbonyl (C=O) groups is 2. The van der Waals surface area contributed by atoms with Gasteiger partial charge in [0.15, 0.2) is 8.32 Å². The first-order chi connectivity index (χ1) is 21.4. The molecule has 2 amide bonds. The maximum absolute atomic E-state index is 14.3. The van der Waals surface area contributed by atoms with Crippen LogP contribution in [-0.2, 0) is 18.4 Å². The van der Waals surface area contributed by atoms with E-state index in [-0.39, 0.29) is 40.7 Å². The highest BCUT2D eigenvalue weighted by Gasteiger charge is 2.53. The molecule has 0 saturated carbocycles. The highest BCUT2D eigenvalue weighted by atomic mass is 28.4. The van der Waals surface area contributed by atoms with Gasteiger partial charge in [0.1, 0.15) is 6.61 Å². The van der Waals surface area contributed by atoms with Crippen LogP contribution >= 0.6 is 0 Å². The molecule has 0 aromatic heterocycles. The molecular formula is C38H61NO5Si2. The van der Waals surface area contributed by atoms with Crippen molar-refractivity contribution in [2.24, 2.45) is 11.8 Å². The zero-order chi connectivity index (χ0) is 34.5. The second-order valence-electron chi connectivity index (χ2n) is 16.0. The van der Waals surface area contributed by atoms with Crippen molar-refractivity contribution in [2.75, 3.05) is 6.61 Å². The third kappa shape index (κ3) is 8.41. The molecular weight excluding hydrogens is 607 g/mol. The van der Waals surface area contributed by atoms with Crippen molar-refractivity contribution < 1.29 is 23.2 Å². The molecule has 1 fully saturated rings. The monoisotopic (exact) mass is 667 g/mol. The predicted octanol–water partition coefficient (Wildman–Crippen LogP) is 8.54. The Labute approximate surface area is 281 Å². The summed E-state index contributed by atoms with van der Waals surface area (Å²) in [6, 6.07) is 20.8. The quantitative estimate of drug-likeness (QED) is 0.189. The maximum atomic E-state index is 14.3. The van der Waals surface area contributed by atoms with Crippen LogP contribution < -0.4 is 10.4 Å². The second-order valence-corrected chi connectivity index (χ2v) is 25.1. The smallest absolute Gasteiger partial charge is 0.416 e. The summed E-state index contributed by atoms with van der Waals surface area (Å²) in [5.74, 6) is -0.667. The van der Waals surface area contributed by atoms with Gasteiger partial charge in [-0.3, -0.25) is 4.79 Å². The summed E-state index contributed by atoms with van der Waals surface area (Å²) in [4.78, 5) is 28.6. The van der Waals surface area contributed by atoms with Crippen LogP contribution in [0.5, 0.6) is 0 Å². The topological polar surface area (TPSA) is 65.1 Å². The molecule has 2 aromatic rings. The number of imide groups is 1. The molecule has 0 unspecified atom stereocenters. The van der Waals surface area contributed by atoms with Crippen molar-refractivity contribution in [2.45, 2.75) is 136 Å².